The van der Waals surface area contributed by atoms with E-state index >= 15 is 0 Å². The van der Waals surface area contributed by atoms with Crippen molar-refractivity contribution in [3.8, 4) is 0 Å². The van der Waals surface area contributed by atoms with Crippen molar-refractivity contribution < 1.29 is 13.2 Å². The summed E-state index contributed by atoms with van der Waals surface area (Å²) in [7, 11) is -2.84. The lowest BCUT2D eigenvalue weighted by atomic mass is 9.77. The molecule has 0 radical (unpaired) electrons. The molecule has 0 amide bonds. The van der Waals surface area contributed by atoms with Crippen molar-refractivity contribution >= 4 is 9.84 Å². The predicted octanol–water partition coefficient (Wildman–Crippen LogP) is 1.75. The Balaban J connectivity index is 1.86. The van der Waals surface area contributed by atoms with Gasteiger partial charge in [0.15, 0.2) is 0 Å². The third-order valence-electron chi connectivity index (χ3n) is 4.72. The van der Waals surface area contributed by atoms with Gasteiger partial charge in [0.25, 0.3) is 0 Å². The van der Waals surface area contributed by atoms with E-state index in [0.717, 1.165) is 32.4 Å². The zero-order valence-corrected chi connectivity index (χ0v) is 13.0. The molecular weight excluding hydrogens is 262 g/mol. The van der Waals surface area contributed by atoms with E-state index in [0.29, 0.717) is 11.8 Å². The Hall–Kier alpha value is -0.130. The second kappa shape index (κ2) is 6.10. The topological polar surface area (TPSA) is 55.4 Å². The van der Waals surface area contributed by atoms with E-state index in [2.05, 4.69) is 12.2 Å². The standard InChI is InChI=1S/C14H27NO3S/c1-3-19(16,17)10-4-7-14(8-9-18-12(14)2)11-15-13-5-6-13/h12-13,15H,3-11H2,1-2H3. The summed E-state index contributed by atoms with van der Waals surface area (Å²) >= 11 is 0. The van der Waals surface area contributed by atoms with Crippen molar-refractivity contribution in [3.05, 3.63) is 0 Å². The van der Waals surface area contributed by atoms with Gasteiger partial charge < -0.3 is 10.1 Å². The Morgan fingerprint density at radius 3 is 2.63 bits per heavy atom. The van der Waals surface area contributed by atoms with Gasteiger partial charge in [-0.2, -0.15) is 0 Å². The third-order valence-corrected chi connectivity index (χ3v) is 6.51. The van der Waals surface area contributed by atoms with Gasteiger partial charge in [-0.3, -0.25) is 0 Å². The highest BCUT2D eigenvalue weighted by Crippen LogP contribution is 2.39. The van der Waals surface area contributed by atoms with Crippen LogP contribution in [0.1, 0.15) is 46.0 Å². The van der Waals surface area contributed by atoms with Crippen LogP contribution in [-0.4, -0.2) is 45.2 Å². The molecule has 19 heavy (non-hydrogen) atoms. The fourth-order valence-corrected chi connectivity index (χ4v) is 3.76. The number of nitrogens with one attached hydrogen (secondary N) is 1. The van der Waals surface area contributed by atoms with Crippen LogP contribution < -0.4 is 5.32 Å². The molecule has 0 aromatic heterocycles. The van der Waals surface area contributed by atoms with Gasteiger partial charge in [0.2, 0.25) is 0 Å². The Morgan fingerprint density at radius 1 is 1.37 bits per heavy atom. The van der Waals surface area contributed by atoms with E-state index in [1.807, 2.05) is 0 Å². The lowest BCUT2D eigenvalue weighted by molar-refractivity contribution is 0.0579. The average Bonchev–Trinajstić information content (AvgIpc) is 3.13. The first kappa shape index (κ1) is 15.3. The van der Waals surface area contributed by atoms with Gasteiger partial charge in [0.05, 0.1) is 11.9 Å². The third kappa shape index (κ3) is 4.17. The molecule has 1 N–H and O–H groups in total. The maximum Gasteiger partial charge on any atom is 0.150 e. The Labute approximate surface area is 117 Å². The second-order valence-electron chi connectivity index (χ2n) is 6.12. The minimum Gasteiger partial charge on any atom is -0.378 e. The highest BCUT2D eigenvalue weighted by atomic mass is 32.2. The van der Waals surface area contributed by atoms with Crippen LogP contribution in [-0.2, 0) is 14.6 Å². The van der Waals surface area contributed by atoms with Gasteiger partial charge in [-0.05, 0) is 39.0 Å². The zero-order valence-electron chi connectivity index (χ0n) is 12.2. The molecule has 5 heteroatoms. The summed E-state index contributed by atoms with van der Waals surface area (Å²) < 4.78 is 28.9. The smallest absolute Gasteiger partial charge is 0.150 e. The molecular formula is C14H27NO3S. The van der Waals surface area contributed by atoms with E-state index in [1.165, 1.54) is 12.8 Å². The monoisotopic (exact) mass is 289 g/mol. The highest BCUT2D eigenvalue weighted by molar-refractivity contribution is 7.91. The molecule has 1 aliphatic carbocycles. The number of hydrogen-bond acceptors (Lipinski definition) is 4. The average molecular weight is 289 g/mol. The maximum absolute atomic E-state index is 11.6. The molecule has 2 aliphatic rings. The van der Waals surface area contributed by atoms with Crippen LogP contribution in [0.15, 0.2) is 0 Å². The van der Waals surface area contributed by atoms with Crippen LogP contribution in [0.2, 0.25) is 0 Å². The first-order chi connectivity index (χ1) is 8.97. The molecule has 0 spiro atoms. The van der Waals surface area contributed by atoms with Gasteiger partial charge in [0.1, 0.15) is 9.84 Å². The Bertz CT molecular complexity index is 391. The number of sulfone groups is 1. The maximum atomic E-state index is 11.6. The molecule has 2 fully saturated rings. The quantitative estimate of drug-likeness (QED) is 0.739. The van der Waals surface area contributed by atoms with Crippen LogP contribution >= 0.6 is 0 Å². The van der Waals surface area contributed by atoms with Gasteiger partial charge in [-0.25, -0.2) is 8.42 Å². The van der Waals surface area contributed by atoms with E-state index in [9.17, 15) is 8.42 Å². The molecule has 112 valence electrons. The van der Waals surface area contributed by atoms with Crippen LogP contribution in [0.4, 0.5) is 0 Å². The summed E-state index contributed by atoms with van der Waals surface area (Å²) in [5.74, 6) is 0.577. The van der Waals surface area contributed by atoms with Gasteiger partial charge in [-0.15, -0.1) is 0 Å². The van der Waals surface area contributed by atoms with Crippen molar-refractivity contribution in [1.29, 1.82) is 0 Å². The summed E-state index contributed by atoms with van der Waals surface area (Å²) in [4.78, 5) is 0. The Kier molecular flexibility index (Phi) is 4.90. The van der Waals surface area contributed by atoms with Crippen LogP contribution in [0.3, 0.4) is 0 Å². The molecule has 1 saturated carbocycles. The van der Waals surface area contributed by atoms with Crippen molar-refractivity contribution in [2.24, 2.45) is 5.41 Å². The van der Waals surface area contributed by atoms with Gasteiger partial charge in [-0.1, -0.05) is 6.92 Å². The summed E-state index contributed by atoms with van der Waals surface area (Å²) in [6.45, 7) is 5.65. The number of ether oxygens (including phenoxy) is 1. The highest BCUT2D eigenvalue weighted by Gasteiger charge is 2.41. The van der Waals surface area contributed by atoms with Gasteiger partial charge >= 0.3 is 0 Å². The minimum absolute atomic E-state index is 0.145. The van der Waals surface area contributed by atoms with Crippen molar-refractivity contribution in [3.63, 3.8) is 0 Å². The van der Waals surface area contributed by atoms with E-state index in [-0.39, 0.29) is 17.3 Å². The first-order valence-corrected chi connectivity index (χ1v) is 9.35. The van der Waals surface area contributed by atoms with E-state index in [1.54, 1.807) is 6.92 Å². The normalized spacial score (nSPS) is 31.8. The molecule has 0 aromatic carbocycles. The lowest BCUT2D eigenvalue weighted by Crippen LogP contribution is -2.40. The first-order valence-electron chi connectivity index (χ1n) is 7.53. The summed E-state index contributed by atoms with van der Waals surface area (Å²) in [5.41, 5.74) is 0.145. The molecule has 1 heterocycles. The SMILES string of the molecule is CCS(=O)(=O)CCCC1(CNC2CC2)CCOC1C. The van der Waals surface area contributed by atoms with Crippen LogP contribution in [0.5, 0.6) is 0 Å². The molecule has 4 nitrogen and oxygen atoms in total. The fraction of sp³-hybridized carbons (Fsp3) is 1.00. The zero-order chi connectivity index (χ0) is 13.9. The molecule has 2 atom stereocenters. The summed E-state index contributed by atoms with van der Waals surface area (Å²) in [6.07, 6.45) is 5.58. The molecule has 1 saturated heterocycles. The van der Waals surface area contributed by atoms with Gasteiger partial charge in [0, 0.05) is 30.4 Å². The molecule has 0 bridgehead atoms. The van der Waals surface area contributed by atoms with E-state index in [4.69, 9.17) is 4.74 Å². The number of rotatable bonds is 8. The van der Waals surface area contributed by atoms with Crippen molar-refractivity contribution in [2.45, 2.75) is 58.1 Å². The second-order valence-corrected chi connectivity index (χ2v) is 8.59. The van der Waals surface area contributed by atoms with Crippen LogP contribution in [0.25, 0.3) is 0 Å². The summed E-state index contributed by atoms with van der Waals surface area (Å²) in [6, 6.07) is 0.698. The largest absolute Gasteiger partial charge is 0.378 e. The Morgan fingerprint density at radius 2 is 2.11 bits per heavy atom. The fourth-order valence-electron chi connectivity index (χ4n) is 2.89. The van der Waals surface area contributed by atoms with Crippen molar-refractivity contribution in [1.82, 2.24) is 5.32 Å². The lowest BCUT2D eigenvalue weighted by Gasteiger charge is -2.32. The molecule has 2 unspecified atom stereocenters. The van der Waals surface area contributed by atoms with Crippen molar-refractivity contribution in [2.75, 3.05) is 24.7 Å². The summed E-state index contributed by atoms with van der Waals surface area (Å²) in [5, 5.41) is 3.60. The molecule has 1 aliphatic heterocycles. The predicted molar refractivity (Wildman–Crippen MR) is 77.1 cm³/mol. The number of hydrogen-bond donors (Lipinski definition) is 1. The minimum atomic E-state index is -2.84. The molecule has 0 aromatic rings. The van der Waals surface area contributed by atoms with E-state index < -0.39 is 9.84 Å². The molecule has 2 rings (SSSR count). The van der Waals surface area contributed by atoms with Crippen LogP contribution in [0, 0.1) is 5.41 Å².